The molecule has 2 rings (SSSR count). The van der Waals surface area contributed by atoms with Crippen molar-refractivity contribution in [2.45, 2.75) is 58.4 Å². The van der Waals surface area contributed by atoms with Gasteiger partial charge in [0.2, 0.25) is 0 Å². The van der Waals surface area contributed by atoms with Crippen LogP contribution in [0.15, 0.2) is 24.3 Å². The molecule has 2 heteroatoms. The van der Waals surface area contributed by atoms with E-state index in [-0.39, 0.29) is 0 Å². The SMILES string of the molecule is CCCNC1CCC(CC)CC1Cc1cccc(O)c1. The first-order chi connectivity index (χ1) is 9.72. The molecule has 0 aliphatic heterocycles. The summed E-state index contributed by atoms with van der Waals surface area (Å²) in [7, 11) is 0. The molecule has 0 saturated heterocycles. The summed E-state index contributed by atoms with van der Waals surface area (Å²) in [6.07, 6.45) is 7.60. The number of nitrogens with one attached hydrogen (secondary N) is 1. The van der Waals surface area contributed by atoms with Gasteiger partial charge in [-0.3, -0.25) is 0 Å². The molecule has 1 fully saturated rings. The molecule has 1 saturated carbocycles. The Kier molecular flexibility index (Phi) is 5.90. The lowest BCUT2D eigenvalue weighted by Gasteiger charge is -2.37. The first-order valence-corrected chi connectivity index (χ1v) is 8.24. The fourth-order valence-electron chi connectivity index (χ4n) is 3.54. The van der Waals surface area contributed by atoms with Crippen LogP contribution in [0.2, 0.25) is 0 Å². The zero-order chi connectivity index (χ0) is 14.4. The molecule has 20 heavy (non-hydrogen) atoms. The van der Waals surface area contributed by atoms with Crippen molar-refractivity contribution < 1.29 is 5.11 Å². The number of aromatic hydroxyl groups is 1. The smallest absolute Gasteiger partial charge is 0.115 e. The van der Waals surface area contributed by atoms with E-state index in [4.69, 9.17) is 0 Å². The summed E-state index contributed by atoms with van der Waals surface area (Å²) in [6.45, 7) is 5.67. The topological polar surface area (TPSA) is 32.3 Å². The maximum Gasteiger partial charge on any atom is 0.115 e. The molecule has 0 radical (unpaired) electrons. The Morgan fingerprint density at radius 2 is 2.10 bits per heavy atom. The lowest BCUT2D eigenvalue weighted by molar-refractivity contribution is 0.198. The quantitative estimate of drug-likeness (QED) is 0.818. The highest BCUT2D eigenvalue weighted by atomic mass is 16.3. The van der Waals surface area contributed by atoms with Gasteiger partial charge in [0.15, 0.2) is 0 Å². The average Bonchev–Trinajstić information content (AvgIpc) is 2.46. The molecule has 3 atom stereocenters. The van der Waals surface area contributed by atoms with E-state index in [1.54, 1.807) is 6.07 Å². The van der Waals surface area contributed by atoms with Crippen molar-refractivity contribution in [2.75, 3.05) is 6.54 Å². The molecular weight excluding hydrogens is 246 g/mol. The molecule has 112 valence electrons. The van der Waals surface area contributed by atoms with Gasteiger partial charge >= 0.3 is 0 Å². The van der Waals surface area contributed by atoms with E-state index < -0.39 is 0 Å². The van der Waals surface area contributed by atoms with Gasteiger partial charge in [-0.2, -0.15) is 0 Å². The Hall–Kier alpha value is -1.02. The molecule has 0 heterocycles. The molecule has 3 unspecified atom stereocenters. The fourth-order valence-corrected chi connectivity index (χ4v) is 3.54. The van der Waals surface area contributed by atoms with Gasteiger partial charge in [-0.05, 0) is 68.2 Å². The molecule has 0 amide bonds. The van der Waals surface area contributed by atoms with Crippen molar-refractivity contribution >= 4 is 0 Å². The summed E-state index contributed by atoms with van der Waals surface area (Å²) >= 11 is 0. The normalized spacial score (nSPS) is 26.6. The van der Waals surface area contributed by atoms with E-state index in [1.807, 2.05) is 12.1 Å². The standard InChI is InChI=1S/C18H29NO/c1-3-10-19-18-9-8-14(4-2)11-16(18)12-15-6-5-7-17(20)13-15/h5-7,13-14,16,18-20H,3-4,8-12H2,1-2H3. The van der Waals surface area contributed by atoms with E-state index in [1.165, 1.54) is 37.7 Å². The van der Waals surface area contributed by atoms with Crippen LogP contribution in [0.3, 0.4) is 0 Å². The summed E-state index contributed by atoms with van der Waals surface area (Å²) < 4.78 is 0. The van der Waals surface area contributed by atoms with Crippen molar-refractivity contribution in [3.8, 4) is 5.75 Å². The second-order valence-corrected chi connectivity index (χ2v) is 6.28. The Labute approximate surface area is 123 Å². The van der Waals surface area contributed by atoms with Crippen molar-refractivity contribution in [2.24, 2.45) is 11.8 Å². The number of hydrogen-bond acceptors (Lipinski definition) is 2. The second kappa shape index (κ2) is 7.68. The Morgan fingerprint density at radius 3 is 2.80 bits per heavy atom. The minimum atomic E-state index is 0.392. The van der Waals surface area contributed by atoms with E-state index in [9.17, 15) is 5.11 Å². The highest BCUT2D eigenvalue weighted by molar-refractivity contribution is 5.27. The highest BCUT2D eigenvalue weighted by Crippen LogP contribution is 2.33. The molecular formula is C18H29NO. The van der Waals surface area contributed by atoms with Gasteiger partial charge < -0.3 is 10.4 Å². The molecule has 1 aromatic rings. The lowest BCUT2D eigenvalue weighted by atomic mass is 9.74. The molecule has 1 aromatic carbocycles. The van der Waals surface area contributed by atoms with Gasteiger partial charge in [0.25, 0.3) is 0 Å². The lowest BCUT2D eigenvalue weighted by Crippen LogP contribution is -2.41. The van der Waals surface area contributed by atoms with Gasteiger partial charge in [-0.25, -0.2) is 0 Å². The van der Waals surface area contributed by atoms with E-state index in [0.29, 0.717) is 17.7 Å². The molecule has 1 aliphatic carbocycles. The van der Waals surface area contributed by atoms with Crippen LogP contribution in [0, 0.1) is 11.8 Å². The van der Waals surface area contributed by atoms with Gasteiger partial charge in [0, 0.05) is 6.04 Å². The number of rotatable bonds is 6. The minimum absolute atomic E-state index is 0.392. The van der Waals surface area contributed by atoms with E-state index >= 15 is 0 Å². The first-order valence-electron chi connectivity index (χ1n) is 8.24. The number of phenolic OH excluding ortho intramolecular Hbond substituents is 1. The molecule has 2 N–H and O–H groups in total. The van der Waals surface area contributed by atoms with Crippen LogP contribution >= 0.6 is 0 Å². The van der Waals surface area contributed by atoms with Crippen LogP contribution in [0.1, 0.15) is 51.5 Å². The highest BCUT2D eigenvalue weighted by Gasteiger charge is 2.29. The van der Waals surface area contributed by atoms with Crippen molar-refractivity contribution in [1.29, 1.82) is 0 Å². The summed E-state index contributed by atoms with van der Waals surface area (Å²) in [5, 5.41) is 13.4. The number of hydrogen-bond donors (Lipinski definition) is 2. The first kappa shape index (κ1) is 15.4. The molecule has 1 aliphatic rings. The molecule has 0 aromatic heterocycles. The van der Waals surface area contributed by atoms with Crippen LogP contribution in [-0.2, 0) is 6.42 Å². The summed E-state index contributed by atoms with van der Waals surface area (Å²) in [5.74, 6) is 1.99. The third kappa shape index (κ3) is 4.24. The van der Waals surface area contributed by atoms with Crippen LogP contribution < -0.4 is 5.32 Å². The Morgan fingerprint density at radius 1 is 1.25 bits per heavy atom. The van der Waals surface area contributed by atoms with Crippen LogP contribution in [0.5, 0.6) is 5.75 Å². The third-order valence-corrected chi connectivity index (χ3v) is 4.73. The maximum absolute atomic E-state index is 9.63. The largest absolute Gasteiger partial charge is 0.508 e. The van der Waals surface area contributed by atoms with Crippen LogP contribution in [-0.4, -0.2) is 17.7 Å². The summed E-state index contributed by atoms with van der Waals surface area (Å²) in [4.78, 5) is 0. The second-order valence-electron chi connectivity index (χ2n) is 6.28. The van der Waals surface area contributed by atoms with Crippen molar-refractivity contribution in [1.82, 2.24) is 5.32 Å². The van der Waals surface area contributed by atoms with Gasteiger partial charge in [0.05, 0.1) is 0 Å². The van der Waals surface area contributed by atoms with Gasteiger partial charge in [-0.1, -0.05) is 32.4 Å². The fraction of sp³-hybridized carbons (Fsp3) is 0.667. The van der Waals surface area contributed by atoms with E-state index in [0.717, 1.165) is 18.9 Å². The number of phenols is 1. The molecule has 0 bridgehead atoms. The van der Waals surface area contributed by atoms with E-state index in [2.05, 4.69) is 25.2 Å². The summed E-state index contributed by atoms with van der Waals surface area (Å²) in [6, 6.07) is 8.43. The zero-order valence-electron chi connectivity index (χ0n) is 12.9. The van der Waals surface area contributed by atoms with Gasteiger partial charge in [0.1, 0.15) is 5.75 Å². The third-order valence-electron chi connectivity index (χ3n) is 4.73. The molecule has 0 spiro atoms. The Balaban J connectivity index is 2.02. The van der Waals surface area contributed by atoms with Crippen molar-refractivity contribution in [3.05, 3.63) is 29.8 Å². The van der Waals surface area contributed by atoms with Crippen LogP contribution in [0.25, 0.3) is 0 Å². The minimum Gasteiger partial charge on any atom is -0.508 e. The monoisotopic (exact) mass is 275 g/mol. The van der Waals surface area contributed by atoms with Crippen LogP contribution in [0.4, 0.5) is 0 Å². The van der Waals surface area contributed by atoms with Gasteiger partial charge in [-0.15, -0.1) is 0 Å². The van der Waals surface area contributed by atoms with Crippen molar-refractivity contribution in [3.63, 3.8) is 0 Å². The molecule has 2 nitrogen and oxygen atoms in total. The average molecular weight is 275 g/mol. The Bertz CT molecular complexity index is 404. The zero-order valence-corrected chi connectivity index (χ0v) is 12.9. The summed E-state index contributed by atoms with van der Waals surface area (Å²) in [5.41, 5.74) is 1.27. The number of benzene rings is 1. The predicted molar refractivity (Wildman–Crippen MR) is 85.0 cm³/mol. The maximum atomic E-state index is 9.63. The predicted octanol–water partition coefficient (Wildman–Crippen LogP) is 4.13.